The summed E-state index contributed by atoms with van der Waals surface area (Å²) in [6, 6.07) is 33.2. The second kappa shape index (κ2) is 13.4. The molecule has 0 amide bonds. The van der Waals surface area contributed by atoms with E-state index in [1.54, 1.807) is 54.6 Å². The lowest BCUT2D eigenvalue weighted by Gasteiger charge is -2.09. The molecule has 0 saturated carbocycles. The number of oxazole rings is 1. The molecule has 42 heavy (non-hydrogen) atoms. The molecule has 1 N–H and O–H groups in total. The van der Waals surface area contributed by atoms with Gasteiger partial charge < -0.3 is 14.3 Å². The third-order valence-corrected chi connectivity index (χ3v) is 6.89. The zero-order valence-electron chi connectivity index (χ0n) is 23.3. The van der Waals surface area contributed by atoms with Crippen molar-refractivity contribution in [2.45, 2.75) is 26.2 Å². The van der Waals surface area contributed by atoms with E-state index < -0.39 is 5.97 Å². The van der Waals surface area contributed by atoms with Crippen LogP contribution in [0.1, 0.15) is 45.4 Å². The fourth-order valence-electron chi connectivity index (χ4n) is 4.70. The fraction of sp³-hybridized carbons (Fsp3) is 0.139. The summed E-state index contributed by atoms with van der Waals surface area (Å²) < 4.78 is 11.9. The number of aliphatic carboxylic acids is 1. The van der Waals surface area contributed by atoms with Crippen molar-refractivity contribution in [2.75, 3.05) is 6.61 Å². The largest absolute Gasteiger partial charge is 0.493 e. The second-order valence-electron chi connectivity index (χ2n) is 9.78. The Kier molecular flexibility index (Phi) is 9.04. The summed E-state index contributed by atoms with van der Waals surface area (Å²) in [4.78, 5) is 29.9. The third kappa shape index (κ3) is 6.91. The molecule has 1 aromatic heterocycles. The Labute approximate surface area is 244 Å². The molecule has 6 heteroatoms. The van der Waals surface area contributed by atoms with Gasteiger partial charge in [-0.05, 0) is 41.5 Å². The zero-order chi connectivity index (χ0) is 29.3. The molecule has 6 nitrogen and oxygen atoms in total. The van der Waals surface area contributed by atoms with Crippen molar-refractivity contribution in [1.29, 1.82) is 0 Å². The predicted octanol–water partition coefficient (Wildman–Crippen LogP) is 7.47. The number of rotatable bonds is 12. The summed E-state index contributed by atoms with van der Waals surface area (Å²) >= 11 is 0. The first kappa shape index (κ1) is 28.3. The number of aromatic nitrogens is 1. The van der Waals surface area contributed by atoms with Crippen molar-refractivity contribution in [1.82, 2.24) is 4.98 Å². The van der Waals surface area contributed by atoms with Crippen LogP contribution in [0.3, 0.4) is 0 Å². The Morgan fingerprint density at radius 1 is 0.857 bits per heavy atom. The molecule has 0 bridgehead atoms. The Bertz CT molecular complexity index is 1690. The van der Waals surface area contributed by atoms with E-state index in [1.807, 2.05) is 67.6 Å². The van der Waals surface area contributed by atoms with E-state index >= 15 is 0 Å². The molecule has 0 aliphatic rings. The highest BCUT2D eigenvalue weighted by Crippen LogP contribution is 2.24. The Balaban J connectivity index is 1.24. The number of hydrogen-bond donors (Lipinski definition) is 1. The summed E-state index contributed by atoms with van der Waals surface area (Å²) in [7, 11) is 0. The standard InChI is InChI=1S/C36H31NO5/c1-2-33-32(37-35(42-33)27-13-7-4-8-14-27)21-22-41-30-19-17-25(18-20-30)23-29(36(39)40)24-28-15-9-10-16-31(28)34(38)26-11-5-3-6-12-26/h3-20,24H,2,21-23H2,1H3,(H,39,40)/b29-24-. The van der Waals surface area contributed by atoms with E-state index in [4.69, 9.17) is 9.15 Å². The molecule has 0 atom stereocenters. The highest BCUT2D eigenvalue weighted by atomic mass is 16.5. The van der Waals surface area contributed by atoms with Crippen molar-refractivity contribution in [3.8, 4) is 17.2 Å². The maximum Gasteiger partial charge on any atom is 0.331 e. The minimum Gasteiger partial charge on any atom is -0.493 e. The normalized spacial score (nSPS) is 11.3. The van der Waals surface area contributed by atoms with Crippen LogP contribution < -0.4 is 4.74 Å². The number of aryl methyl sites for hydroxylation is 1. The van der Waals surface area contributed by atoms with Crippen LogP contribution in [0.4, 0.5) is 0 Å². The van der Waals surface area contributed by atoms with Crippen LogP contribution in [0, 0.1) is 0 Å². The number of benzene rings is 4. The van der Waals surface area contributed by atoms with Gasteiger partial charge in [0.25, 0.3) is 0 Å². The van der Waals surface area contributed by atoms with Crippen molar-refractivity contribution >= 4 is 17.8 Å². The molecule has 0 saturated heterocycles. The molecule has 1 heterocycles. The molecule has 0 unspecified atom stereocenters. The van der Waals surface area contributed by atoms with E-state index in [2.05, 4.69) is 4.98 Å². The third-order valence-electron chi connectivity index (χ3n) is 6.89. The molecule has 0 spiro atoms. The predicted molar refractivity (Wildman–Crippen MR) is 163 cm³/mol. The number of nitrogens with zero attached hydrogens (tertiary/aromatic N) is 1. The van der Waals surface area contributed by atoms with Gasteiger partial charge in [0.1, 0.15) is 11.5 Å². The lowest BCUT2D eigenvalue weighted by molar-refractivity contribution is -0.132. The molecular weight excluding hydrogens is 526 g/mol. The van der Waals surface area contributed by atoms with Gasteiger partial charge in [-0.3, -0.25) is 4.79 Å². The van der Waals surface area contributed by atoms with E-state index in [9.17, 15) is 14.7 Å². The van der Waals surface area contributed by atoms with Crippen LogP contribution >= 0.6 is 0 Å². The van der Waals surface area contributed by atoms with Gasteiger partial charge in [-0.1, -0.05) is 91.9 Å². The average Bonchev–Trinajstić information content (AvgIpc) is 3.45. The number of ketones is 1. The van der Waals surface area contributed by atoms with Gasteiger partial charge in [0.05, 0.1) is 12.3 Å². The van der Waals surface area contributed by atoms with Gasteiger partial charge in [-0.15, -0.1) is 0 Å². The molecule has 0 fully saturated rings. The second-order valence-corrected chi connectivity index (χ2v) is 9.78. The van der Waals surface area contributed by atoms with Crippen molar-refractivity contribution < 1.29 is 23.8 Å². The lowest BCUT2D eigenvalue weighted by atomic mass is 9.95. The Morgan fingerprint density at radius 3 is 2.21 bits per heavy atom. The van der Waals surface area contributed by atoms with Crippen LogP contribution in [0.5, 0.6) is 5.75 Å². The van der Waals surface area contributed by atoms with E-state index in [0.29, 0.717) is 41.4 Å². The molecule has 0 aliphatic carbocycles. The number of hydrogen-bond acceptors (Lipinski definition) is 5. The van der Waals surface area contributed by atoms with Gasteiger partial charge in [0, 0.05) is 41.5 Å². The van der Waals surface area contributed by atoms with E-state index in [0.717, 1.165) is 29.0 Å². The van der Waals surface area contributed by atoms with Crippen LogP contribution in [-0.4, -0.2) is 28.4 Å². The van der Waals surface area contributed by atoms with Gasteiger partial charge in [0.15, 0.2) is 5.78 Å². The molecule has 210 valence electrons. The molecule has 0 radical (unpaired) electrons. The van der Waals surface area contributed by atoms with E-state index in [1.165, 1.54) is 0 Å². The average molecular weight is 558 g/mol. The van der Waals surface area contributed by atoms with Crippen molar-refractivity contribution in [3.05, 3.63) is 148 Å². The fourth-order valence-corrected chi connectivity index (χ4v) is 4.70. The highest BCUT2D eigenvalue weighted by molar-refractivity contribution is 6.11. The first-order valence-electron chi connectivity index (χ1n) is 13.9. The molecule has 0 aliphatic heterocycles. The van der Waals surface area contributed by atoms with E-state index in [-0.39, 0.29) is 17.8 Å². The number of carboxylic acid groups (broad SMARTS) is 1. The monoisotopic (exact) mass is 557 g/mol. The first-order chi connectivity index (χ1) is 20.5. The minimum atomic E-state index is -1.04. The quantitative estimate of drug-likeness (QED) is 0.126. The molecule has 4 aromatic carbocycles. The zero-order valence-corrected chi connectivity index (χ0v) is 23.3. The van der Waals surface area contributed by atoms with Gasteiger partial charge in [-0.25, -0.2) is 9.78 Å². The summed E-state index contributed by atoms with van der Waals surface area (Å²) in [5.74, 6) is 0.963. The summed E-state index contributed by atoms with van der Waals surface area (Å²) in [6.45, 7) is 2.47. The minimum absolute atomic E-state index is 0.151. The summed E-state index contributed by atoms with van der Waals surface area (Å²) in [5.41, 5.74) is 4.41. The van der Waals surface area contributed by atoms with Crippen LogP contribution in [0.25, 0.3) is 17.5 Å². The summed E-state index contributed by atoms with van der Waals surface area (Å²) in [5, 5.41) is 9.95. The molecule has 5 aromatic rings. The Morgan fingerprint density at radius 2 is 1.52 bits per heavy atom. The topological polar surface area (TPSA) is 89.6 Å². The number of carbonyl (C=O) groups excluding carboxylic acids is 1. The first-order valence-corrected chi connectivity index (χ1v) is 13.9. The highest BCUT2D eigenvalue weighted by Gasteiger charge is 2.16. The number of carbonyl (C=O) groups is 2. The van der Waals surface area contributed by atoms with Crippen LogP contribution in [0.2, 0.25) is 0 Å². The van der Waals surface area contributed by atoms with Crippen molar-refractivity contribution in [3.63, 3.8) is 0 Å². The van der Waals surface area contributed by atoms with Crippen LogP contribution in [0.15, 0.2) is 119 Å². The number of ether oxygens (including phenoxy) is 1. The Hall–Kier alpha value is -5.23. The van der Waals surface area contributed by atoms with Gasteiger partial charge >= 0.3 is 5.97 Å². The SMILES string of the molecule is CCc1oc(-c2ccccc2)nc1CCOc1ccc(C/C(=C/c2ccccc2C(=O)c2ccccc2)C(=O)O)cc1. The summed E-state index contributed by atoms with van der Waals surface area (Å²) in [6.07, 6.45) is 3.13. The maximum atomic E-state index is 13.1. The van der Waals surface area contributed by atoms with Crippen molar-refractivity contribution in [2.24, 2.45) is 0 Å². The molecular formula is C36H31NO5. The lowest BCUT2D eigenvalue weighted by Crippen LogP contribution is -2.07. The van der Waals surface area contributed by atoms with Gasteiger partial charge in [0.2, 0.25) is 5.89 Å². The number of carboxylic acids is 1. The maximum absolute atomic E-state index is 13.1. The smallest absolute Gasteiger partial charge is 0.331 e. The van der Waals surface area contributed by atoms with Gasteiger partial charge in [-0.2, -0.15) is 0 Å². The van der Waals surface area contributed by atoms with Crippen LogP contribution in [-0.2, 0) is 24.1 Å². The molecule has 5 rings (SSSR count).